The average molecular weight is 288 g/mol. The Balaban J connectivity index is 2.13. The van der Waals surface area contributed by atoms with E-state index in [0.29, 0.717) is 0 Å². The molecule has 1 aromatic carbocycles. The van der Waals surface area contributed by atoms with Gasteiger partial charge in [-0.15, -0.1) is 10.2 Å². The minimum atomic E-state index is -4.54. The highest BCUT2D eigenvalue weighted by molar-refractivity contribution is 7.13. The van der Waals surface area contributed by atoms with Crippen LogP contribution in [0.15, 0.2) is 29.8 Å². The molecular formula is C10H7F3N4OS. The first kappa shape index (κ1) is 13.3. The second-order valence-electron chi connectivity index (χ2n) is 3.37. The molecule has 2 N–H and O–H groups in total. The third-order valence-electron chi connectivity index (χ3n) is 2.06. The molecular weight excluding hydrogens is 281 g/mol. The van der Waals surface area contributed by atoms with E-state index < -0.39 is 17.8 Å². The fraction of sp³-hybridized carbons (Fsp3) is 0.100. The molecule has 2 rings (SSSR count). The Morgan fingerprint density at radius 2 is 1.95 bits per heavy atom. The highest BCUT2D eigenvalue weighted by Crippen LogP contribution is 2.34. The first-order valence-electron chi connectivity index (χ1n) is 4.97. The van der Waals surface area contributed by atoms with Crippen molar-refractivity contribution in [3.05, 3.63) is 35.3 Å². The molecule has 0 aliphatic heterocycles. The largest absolute Gasteiger partial charge is 0.418 e. The summed E-state index contributed by atoms with van der Waals surface area (Å²) in [4.78, 5) is 11.5. The van der Waals surface area contributed by atoms with E-state index in [1.54, 1.807) is 0 Å². The number of hydrogen-bond donors (Lipinski definition) is 2. The van der Waals surface area contributed by atoms with Crippen molar-refractivity contribution >= 4 is 28.2 Å². The maximum Gasteiger partial charge on any atom is 0.418 e. The van der Waals surface area contributed by atoms with Crippen molar-refractivity contribution in [2.75, 3.05) is 10.6 Å². The van der Waals surface area contributed by atoms with Crippen LogP contribution in [0.2, 0.25) is 0 Å². The number of aromatic nitrogens is 2. The molecule has 0 saturated heterocycles. The number of para-hydroxylation sites is 1. The van der Waals surface area contributed by atoms with E-state index in [2.05, 4.69) is 20.8 Å². The van der Waals surface area contributed by atoms with Gasteiger partial charge < -0.3 is 5.32 Å². The van der Waals surface area contributed by atoms with Crippen LogP contribution in [0, 0.1) is 0 Å². The molecule has 100 valence electrons. The molecule has 0 unspecified atom stereocenters. The van der Waals surface area contributed by atoms with E-state index in [0.717, 1.165) is 17.4 Å². The monoisotopic (exact) mass is 288 g/mol. The lowest BCUT2D eigenvalue weighted by Crippen LogP contribution is -2.21. The van der Waals surface area contributed by atoms with Gasteiger partial charge in [-0.3, -0.25) is 5.32 Å². The van der Waals surface area contributed by atoms with Gasteiger partial charge in [0.2, 0.25) is 5.13 Å². The van der Waals surface area contributed by atoms with E-state index in [1.807, 2.05) is 0 Å². The quantitative estimate of drug-likeness (QED) is 0.891. The zero-order valence-electron chi connectivity index (χ0n) is 9.23. The minimum Gasteiger partial charge on any atom is -0.307 e. The Morgan fingerprint density at radius 1 is 1.21 bits per heavy atom. The van der Waals surface area contributed by atoms with Crippen LogP contribution in [-0.2, 0) is 6.18 Å². The van der Waals surface area contributed by atoms with Crippen LogP contribution in [0.4, 0.5) is 28.8 Å². The minimum absolute atomic E-state index is 0.196. The summed E-state index contributed by atoms with van der Waals surface area (Å²) in [5.74, 6) is 0. The maximum atomic E-state index is 12.7. The lowest BCUT2D eigenvalue weighted by Gasteiger charge is -2.13. The van der Waals surface area contributed by atoms with Crippen molar-refractivity contribution in [3.63, 3.8) is 0 Å². The van der Waals surface area contributed by atoms with Crippen LogP contribution >= 0.6 is 11.3 Å². The number of nitrogens with one attached hydrogen (secondary N) is 2. The highest BCUT2D eigenvalue weighted by Gasteiger charge is 2.33. The molecule has 0 fully saturated rings. The summed E-state index contributed by atoms with van der Waals surface area (Å²) < 4.78 is 38.1. The molecule has 0 aliphatic rings. The fourth-order valence-electron chi connectivity index (χ4n) is 1.32. The zero-order valence-corrected chi connectivity index (χ0v) is 10.0. The number of carbonyl (C=O) groups excluding carboxylic acids is 1. The van der Waals surface area contributed by atoms with E-state index in [9.17, 15) is 18.0 Å². The van der Waals surface area contributed by atoms with Gasteiger partial charge in [0.1, 0.15) is 5.51 Å². The van der Waals surface area contributed by atoms with E-state index in [-0.39, 0.29) is 10.8 Å². The molecule has 19 heavy (non-hydrogen) atoms. The van der Waals surface area contributed by atoms with Crippen molar-refractivity contribution in [1.29, 1.82) is 0 Å². The third-order valence-corrected chi connectivity index (χ3v) is 2.67. The predicted octanol–water partition coefficient (Wildman–Crippen LogP) is 3.20. The Labute approximate surface area is 109 Å². The van der Waals surface area contributed by atoms with E-state index in [1.165, 1.54) is 23.7 Å². The Hall–Kier alpha value is -2.16. The molecule has 0 aliphatic carbocycles. The summed E-state index contributed by atoms with van der Waals surface area (Å²) in [6.45, 7) is 0. The van der Waals surface area contributed by atoms with Crippen LogP contribution in [0.25, 0.3) is 0 Å². The summed E-state index contributed by atoms with van der Waals surface area (Å²) >= 11 is 1.06. The number of hydrogen-bond acceptors (Lipinski definition) is 4. The molecule has 1 aromatic heterocycles. The second-order valence-corrected chi connectivity index (χ2v) is 4.20. The normalized spacial score (nSPS) is 11.1. The molecule has 0 bridgehead atoms. The van der Waals surface area contributed by atoms with Gasteiger partial charge in [-0.05, 0) is 12.1 Å². The van der Waals surface area contributed by atoms with Gasteiger partial charge in [-0.25, -0.2) is 4.79 Å². The van der Waals surface area contributed by atoms with Crippen molar-refractivity contribution < 1.29 is 18.0 Å². The molecule has 0 atom stereocenters. The van der Waals surface area contributed by atoms with Gasteiger partial charge in [0.05, 0.1) is 11.3 Å². The molecule has 0 radical (unpaired) electrons. The summed E-state index contributed by atoms with van der Waals surface area (Å²) in [6.07, 6.45) is -4.54. The second kappa shape index (κ2) is 5.22. The lowest BCUT2D eigenvalue weighted by molar-refractivity contribution is -0.136. The Kier molecular flexibility index (Phi) is 3.65. The number of rotatable bonds is 2. The van der Waals surface area contributed by atoms with Crippen LogP contribution in [-0.4, -0.2) is 16.2 Å². The number of benzene rings is 1. The SMILES string of the molecule is O=C(Nc1nncs1)Nc1ccccc1C(F)(F)F. The molecule has 0 saturated carbocycles. The summed E-state index contributed by atoms with van der Waals surface area (Å²) in [5, 5.41) is 11.6. The van der Waals surface area contributed by atoms with Gasteiger partial charge in [0.25, 0.3) is 0 Å². The predicted molar refractivity (Wildman–Crippen MR) is 64.0 cm³/mol. The van der Waals surface area contributed by atoms with Crippen LogP contribution < -0.4 is 10.6 Å². The number of amides is 2. The van der Waals surface area contributed by atoms with Crippen molar-refractivity contribution in [2.45, 2.75) is 6.18 Å². The van der Waals surface area contributed by atoms with Gasteiger partial charge in [0, 0.05) is 0 Å². The van der Waals surface area contributed by atoms with Crippen molar-refractivity contribution in [3.8, 4) is 0 Å². The summed E-state index contributed by atoms with van der Waals surface area (Å²) in [6, 6.07) is 3.89. The molecule has 1 heterocycles. The van der Waals surface area contributed by atoms with E-state index in [4.69, 9.17) is 0 Å². The van der Waals surface area contributed by atoms with Gasteiger partial charge in [-0.1, -0.05) is 23.5 Å². The average Bonchev–Trinajstić information content (AvgIpc) is 2.81. The molecule has 5 nitrogen and oxygen atoms in total. The summed E-state index contributed by atoms with van der Waals surface area (Å²) in [5.41, 5.74) is 0.152. The number of anilines is 2. The van der Waals surface area contributed by atoms with Gasteiger partial charge in [-0.2, -0.15) is 13.2 Å². The zero-order chi connectivity index (χ0) is 13.9. The number of nitrogens with zero attached hydrogens (tertiary/aromatic N) is 2. The number of urea groups is 1. The van der Waals surface area contributed by atoms with Crippen LogP contribution in [0.5, 0.6) is 0 Å². The molecule has 2 aromatic rings. The Morgan fingerprint density at radius 3 is 2.58 bits per heavy atom. The molecule has 9 heteroatoms. The molecule has 2 amide bonds. The maximum absolute atomic E-state index is 12.7. The standard InChI is InChI=1S/C10H7F3N4OS/c11-10(12,13)6-3-1-2-4-7(6)15-8(18)16-9-17-14-5-19-9/h1-5H,(H2,15,16,17,18). The first-order chi connectivity index (χ1) is 8.97. The molecule has 0 spiro atoms. The lowest BCUT2D eigenvalue weighted by atomic mass is 10.1. The third kappa shape index (κ3) is 3.41. The van der Waals surface area contributed by atoms with Crippen molar-refractivity contribution in [1.82, 2.24) is 10.2 Å². The van der Waals surface area contributed by atoms with Crippen LogP contribution in [0.3, 0.4) is 0 Å². The topological polar surface area (TPSA) is 66.9 Å². The summed E-state index contributed by atoms with van der Waals surface area (Å²) in [7, 11) is 0. The highest BCUT2D eigenvalue weighted by atomic mass is 32.1. The Bertz CT molecular complexity index is 570. The van der Waals surface area contributed by atoms with Gasteiger partial charge in [0.15, 0.2) is 0 Å². The number of alkyl halides is 3. The van der Waals surface area contributed by atoms with Gasteiger partial charge >= 0.3 is 12.2 Å². The van der Waals surface area contributed by atoms with Crippen LogP contribution in [0.1, 0.15) is 5.56 Å². The first-order valence-corrected chi connectivity index (χ1v) is 5.85. The number of carbonyl (C=O) groups is 1. The van der Waals surface area contributed by atoms with Crippen molar-refractivity contribution in [2.24, 2.45) is 0 Å². The number of halogens is 3. The van der Waals surface area contributed by atoms with E-state index >= 15 is 0 Å². The fourth-order valence-corrected chi connectivity index (χ4v) is 1.76. The smallest absolute Gasteiger partial charge is 0.307 e.